The van der Waals surface area contributed by atoms with Crippen LogP contribution in [0.3, 0.4) is 0 Å². The van der Waals surface area contributed by atoms with E-state index in [0.29, 0.717) is 0 Å². The molecule has 0 radical (unpaired) electrons. The smallest absolute Gasteiger partial charge is 0.231 e. The summed E-state index contributed by atoms with van der Waals surface area (Å²) in [6, 6.07) is 12.5. The van der Waals surface area contributed by atoms with E-state index in [2.05, 4.69) is 42.1 Å². The van der Waals surface area contributed by atoms with Crippen molar-refractivity contribution in [2.45, 2.75) is 0 Å². The molecule has 2 aliphatic rings. The molecule has 0 atom stereocenters. The number of rotatable bonds is 0. The first-order chi connectivity index (χ1) is 12.3. The fraction of sp³-hybridized carbons (Fsp3) is 0.150. The number of pyridine rings is 1. The minimum absolute atomic E-state index is 0. The van der Waals surface area contributed by atoms with E-state index in [1.807, 2.05) is 12.1 Å². The molecule has 3 heterocycles. The normalized spacial score (nSPS) is 14.2. The molecule has 6 rings (SSSR count). The lowest BCUT2D eigenvalue weighted by atomic mass is 10.0. The number of aromatic nitrogens is 1. The van der Waals surface area contributed by atoms with Gasteiger partial charge in [-0.15, -0.1) is 0 Å². The second-order valence-corrected chi connectivity index (χ2v) is 6.42. The van der Waals surface area contributed by atoms with Gasteiger partial charge in [0, 0.05) is 5.39 Å². The lowest BCUT2D eigenvalue weighted by molar-refractivity contribution is -0.642. The molecule has 1 aromatic heterocycles. The van der Waals surface area contributed by atoms with Crippen molar-refractivity contribution in [1.29, 1.82) is 0 Å². The summed E-state index contributed by atoms with van der Waals surface area (Å²) in [5.74, 6) is 3.20. The Morgan fingerprint density at radius 2 is 1.27 bits per heavy atom. The molecule has 26 heavy (non-hydrogen) atoms. The SMILES string of the molecule is C[n+]1cc2cc3c(cc2c2ccc4cc5c(cc4c21)OCO5)OCO3.[Cl-]. The van der Waals surface area contributed by atoms with Gasteiger partial charge in [0.2, 0.25) is 19.1 Å². The molecule has 0 bridgehead atoms. The van der Waals surface area contributed by atoms with Crippen molar-refractivity contribution in [3.8, 4) is 23.0 Å². The highest BCUT2D eigenvalue weighted by molar-refractivity contribution is 6.14. The lowest BCUT2D eigenvalue weighted by Crippen LogP contribution is -3.00. The molecule has 130 valence electrons. The standard InChI is InChI=1S/C20H14NO4.ClH/c1-21-8-12-5-17-18(24-10-23-17)6-14(12)13-3-2-11-4-16-19(25-9-22-16)7-15(11)20(13)21;/h2-8H,9-10H2,1H3;1H/q+1;/p-1. The van der Waals surface area contributed by atoms with Gasteiger partial charge in [-0.2, -0.15) is 4.57 Å². The highest BCUT2D eigenvalue weighted by Crippen LogP contribution is 2.41. The summed E-state index contributed by atoms with van der Waals surface area (Å²) in [7, 11) is 2.07. The van der Waals surface area contributed by atoms with Crippen molar-refractivity contribution in [1.82, 2.24) is 0 Å². The molecule has 0 spiro atoms. The Hall–Kier alpha value is -2.92. The zero-order valence-electron chi connectivity index (χ0n) is 13.9. The average Bonchev–Trinajstić information content (AvgIpc) is 3.25. The van der Waals surface area contributed by atoms with E-state index in [-0.39, 0.29) is 26.0 Å². The Balaban J connectivity index is 0.00000150. The third kappa shape index (κ3) is 1.95. The molecule has 2 aliphatic heterocycles. The van der Waals surface area contributed by atoms with E-state index < -0.39 is 0 Å². The van der Waals surface area contributed by atoms with Crippen LogP contribution in [-0.2, 0) is 7.05 Å². The van der Waals surface area contributed by atoms with Gasteiger partial charge < -0.3 is 31.4 Å². The minimum Gasteiger partial charge on any atom is -1.00 e. The van der Waals surface area contributed by atoms with Crippen LogP contribution in [0, 0.1) is 0 Å². The highest BCUT2D eigenvalue weighted by atomic mass is 35.5. The molecule has 0 saturated carbocycles. The van der Waals surface area contributed by atoms with E-state index in [9.17, 15) is 0 Å². The molecule has 5 nitrogen and oxygen atoms in total. The van der Waals surface area contributed by atoms with Crippen molar-refractivity contribution >= 4 is 32.4 Å². The number of halogens is 1. The first kappa shape index (κ1) is 15.3. The summed E-state index contributed by atoms with van der Waals surface area (Å²) >= 11 is 0. The van der Waals surface area contributed by atoms with Gasteiger partial charge in [0.25, 0.3) is 0 Å². The monoisotopic (exact) mass is 367 g/mol. The zero-order valence-corrected chi connectivity index (χ0v) is 14.7. The van der Waals surface area contributed by atoms with Crippen LogP contribution in [0.5, 0.6) is 23.0 Å². The van der Waals surface area contributed by atoms with Crippen molar-refractivity contribution in [3.63, 3.8) is 0 Å². The maximum absolute atomic E-state index is 5.58. The van der Waals surface area contributed by atoms with E-state index in [1.165, 1.54) is 5.39 Å². The van der Waals surface area contributed by atoms with Gasteiger partial charge in [-0.25, -0.2) is 0 Å². The van der Waals surface area contributed by atoms with Gasteiger partial charge in [0.05, 0.1) is 16.2 Å². The molecular formula is C20H14ClNO4. The Morgan fingerprint density at radius 3 is 1.96 bits per heavy atom. The Kier molecular flexibility index (Phi) is 3.12. The molecule has 4 aromatic rings. The lowest BCUT2D eigenvalue weighted by Gasteiger charge is -2.08. The number of nitrogens with zero attached hydrogens (tertiary/aromatic N) is 1. The predicted octanol–water partition coefficient (Wildman–Crippen LogP) is 0.432. The van der Waals surface area contributed by atoms with Crippen LogP contribution in [-0.4, -0.2) is 13.6 Å². The molecule has 6 heteroatoms. The number of aryl methyl sites for hydroxylation is 1. The van der Waals surface area contributed by atoms with Gasteiger partial charge in [-0.1, -0.05) is 6.07 Å². The van der Waals surface area contributed by atoms with Crippen LogP contribution < -0.4 is 35.9 Å². The van der Waals surface area contributed by atoms with Crippen molar-refractivity contribution in [3.05, 3.63) is 42.6 Å². The van der Waals surface area contributed by atoms with Gasteiger partial charge in [0.15, 0.2) is 29.2 Å². The first-order valence-corrected chi connectivity index (χ1v) is 8.16. The molecule has 0 aliphatic carbocycles. The van der Waals surface area contributed by atoms with E-state index >= 15 is 0 Å². The average molecular weight is 368 g/mol. The fourth-order valence-corrected chi connectivity index (χ4v) is 3.87. The summed E-state index contributed by atoms with van der Waals surface area (Å²) in [5.41, 5.74) is 1.15. The van der Waals surface area contributed by atoms with Crippen LogP contribution in [0.4, 0.5) is 0 Å². The molecule has 0 amide bonds. The van der Waals surface area contributed by atoms with Gasteiger partial charge in [-0.3, -0.25) is 0 Å². The third-order valence-corrected chi connectivity index (χ3v) is 5.00. The summed E-state index contributed by atoms with van der Waals surface area (Å²) in [4.78, 5) is 0. The highest BCUT2D eigenvalue weighted by Gasteiger charge is 2.22. The molecule has 0 saturated heterocycles. The summed E-state index contributed by atoms with van der Waals surface area (Å²) in [5, 5.41) is 5.72. The largest absolute Gasteiger partial charge is 1.00 e. The summed E-state index contributed by atoms with van der Waals surface area (Å²) in [6.45, 7) is 0.560. The van der Waals surface area contributed by atoms with Crippen LogP contribution in [0.15, 0.2) is 42.6 Å². The number of fused-ring (bicyclic) bond motifs is 7. The summed E-state index contributed by atoms with van der Waals surface area (Å²) < 4.78 is 24.3. The third-order valence-electron chi connectivity index (χ3n) is 5.00. The van der Waals surface area contributed by atoms with Gasteiger partial charge >= 0.3 is 0 Å². The van der Waals surface area contributed by atoms with Crippen LogP contribution >= 0.6 is 0 Å². The van der Waals surface area contributed by atoms with E-state index in [1.54, 1.807) is 0 Å². The maximum Gasteiger partial charge on any atom is 0.231 e. The van der Waals surface area contributed by atoms with Crippen LogP contribution in [0.1, 0.15) is 0 Å². The predicted molar refractivity (Wildman–Crippen MR) is 92.4 cm³/mol. The Labute approximate surface area is 155 Å². The number of hydrogen-bond acceptors (Lipinski definition) is 4. The number of ether oxygens (including phenoxy) is 4. The van der Waals surface area contributed by atoms with Crippen molar-refractivity contribution < 1.29 is 35.9 Å². The number of hydrogen-bond donors (Lipinski definition) is 0. The quantitative estimate of drug-likeness (QED) is 0.334. The van der Waals surface area contributed by atoms with Gasteiger partial charge in [0.1, 0.15) is 7.05 Å². The molecule has 0 fully saturated rings. The number of benzene rings is 3. The zero-order chi connectivity index (χ0) is 16.5. The van der Waals surface area contributed by atoms with E-state index in [4.69, 9.17) is 18.9 Å². The Morgan fingerprint density at radius 1 is 0.692 bits per heavy atom. The maximum atomic E-state index is 5.58. The van der Waals surface area contributed by atoms with E-state index in [0.717, 1.165) is 50.1 Å². The minimum atomic E-state index is 0. The second-order valence-electron chi connectivity index (χ2n) is 6.42. The Bertz CT molecular complexity index is 1220. The van der Waals surface area contributed by atoms with Crippen molar-refractivity contribution in [2.75, 3.05) is 13.6 Å². The molecule has 3 aromatic carbocycles. The topological polar surface area (TPSA) is 40.8 Å². The summed E-state index contributed by atoms with van der Waals surface area (Å²) in [6.07, 6.45) is 2.13. The van der Waals surface area contributed by atoms with Crippen molar-refractivity contribution in [2.24, 2.45) is 7.05 Å². The van der Waals surface area contributed by atoms with Gasteiger partial charge in [-0.05, 0) is 35.7 Å². The molecule has 0 N–H and O–H groups in total. The second kappa shape index (κ2) is 5.29. The molecular weight excluding hydrogens is 354 g/mol. The first-order valence-electron chi connectivity index (χ1n) is 8.16. The van der Waals surface area contributed by atoms with Crippen LogP contribution in [0.2, 0.25) is 0 Å². The molecule has 0 unspecified atom stereocenters. The van der Waals surface area contributed by atoms with Crippen LogP contribution in [0.25, 0.3) is 32.4 Å². The fourth-order valence-electron chi connectivity index (χ4n) is 3.87.